The Labute approximate surface area is 158 Å². The number of carbonyl (C=O) groups is 1. The van der Waals surface area contributed by atoms with Gasteiger partial charge in [-0.25, -0.2) is 0 Å². The normalized spacial score (nSPS) is 10.1. The van der Waals surface area contributed by atoms with Gasteiger partial charge >= 0.3 is 0 Å². The monoisotopic (exact) mass is 363 g/mol. The summed E-state index contributed by atoms with van der Waals surface area (Å²) in [5.41, 5.74) is 2.79. The molecule has 0 saturated carbocycles. The van der Waals surface area contributed by atoms with Crippen molar-refractivity contribution in [3.8, 4) is 28.4 Å². The highest BCUT2D eigenvalue weighted by Gasteiger charge is 2.10. The van der Waals surface area contributed by atoms with Crippen LogP contribution in [0.25, 0.3) is 11.1 Å². The van der Waals surface area contributed by atoms with Crippen LogP contribution in [0.3, 0.4) is 0 Å². The van der Waals surface area contributed by atoms with Gasteiger partial charge in [0.1, 0.15) is 17.2 Å². The number of anilines is 1. The number of hydrogen-bond donors (Lipinski definition) is 1. The Kier molecular flexibility index (Phi) is 5.94. The van der Waals surface area contributed by atoms with Crippen LogP contribution in [0.1, 0.15) is 0 Å². The number of nitrogens with one attached hydrogen (secondary N) is 1. The highest BCUT2D eigenvalue weighted by Crippen LogP contribution is 2.29. The van der Waals surface area contributed by atoms with Gasteiger partial charge in [-0.2, -0.15) is 0 Å². The average Bonchev–Trinajstić information content (AvgIpc) is 2.73. The topological polar surface area (TPSA) is 56.8 Å². The first-order chi connectivity index (χ1) is 13.2. The van der Waals surface area contributed by atoms with Gasteiger partial charge < -0.3 is 19.5 Å². The third kappa shape index (κ3) is 4.79. The van der Waals surface area contributed by atoms with Gasteiger partial charge in [-0.05, 0) is 35.4 Å². The molecule has 3 rings (SSSR count). The Morgan fingerprint density at radius 2 is 1.48 bits per heavy atom. The lowest BCUT2D eigenvalue weighted by atomic mass is 10.1. The molecule has 3 aromatic carbocycles. The molecule has 3 aromatic rings. The molecule has 0 atom stereocenters. The fourth-order valence-electron chi connectivity index (χ4n) is 2.61. The van der Waals surface area contributed by atoms with Crippen LogP contribution in [-0.2, 0) is 4.79 Å². The molecule has 0 aromatic heterocycles. The number of amides is 1. The summed E-state index contributed by atoms with van der Waals surface area (Å²) in [6.07, 6.45) is 0. The van der Waals surface area contributed by atoms with Crippen molar-refractivity contribution in [3.05, 3.63) is 72.8 Å². The van der Waals surface area contributed by atoms with Gasteiger partial charge in [0, 0.05) is 6.07 Å². The summed E-state index contributed by atoms with van der Waals surface area (Å²) >= 11 is 0. The van der Waals surface area contributed by atoms with Crippen molar-refractivity contribution in [2.24, 2.45) is 0 Å². The van der Waals surface area contributed by atoms with Crippen LogP contribution in [0, 0.1) is 0 Å². The number of carbonyl (C=O) groups excluding carboxylic acids is 1. The molecule has 0 spiro atoms. The van der Waals surface area contributed by atoms with Crippen LogP contribution in [-0.4, -0.2) is 26.7 Å². The number of benzene rings is 3. The minimum Gasteiger partial charge on any atom is -0.497 e. The molecule has 1 amide bonds. The molecule has 27 heavy (non-hydrogen) atoms. The van der Waals surface area contributed by atoms with E-state index in [4.69, 9.17) is 14.2 Å². The molecule has 0 aliphatic carbocycles. The predicted molar refractivity (Wildman–Crippen MR) is 106 cm³/mol. The fraction of sp³-hybridized carbons (Fsp3) is 0.136. The highest BCUT2D eigenvalue weighted by atomic mass is 16.5. The lowest BCUT2D eigenvalue weighted by Crippen LogP contribution is -2.20. The predicted octanol–water partition coefficient (Wildman–Crippen LogP) is 4.39. The van der Waals surface area contributed by atoms with Gasteiger partial charge in [0.2, 0.25) is 0 Å². The largest absolute Gasteiger partial charge is 0.497 e. The molecule has 0 unspecified atom stereocenters. The van der Waals surface area contributed by atoms with E-state index in [1.807, 2.05) is 54.6 Å². The maximum atomic E-state index is 12.2. The van der Waals surface area contributed by atoms with Crippen LogP contribution in [0.5, 0.6) is 17.2 Å². The second-order valence-corrected chi connectivity index (χ2v) is 5.79. The van der Waals surface area contributed by atoms with E-state index in [-0.39, 0.29) is 12.5 Å². The van der Waals surface area contributed by atoms with Crippen molar-refractivity contribution in [2.45, 2.75) is 0 Å². The molecule has 0 heterocycles. The van der Waals surface area contributed by atoms with Crippen LogP contribution >= 0.6 is 0 Å². The first-order valence-corrected chi connectivity index (χ1v) is 8.50. The summed E-state index contributed by atoms with van der Waals surface area (Å²) in [7, 11) is 3.11. The van der Waals surface area contributed by atoms with Crippen molar-refractivity contribution in [3.63, 3.8) is 0 Å². The smallest absolute Gasteiger partial charge is 0.262 e. The zero-order valence-electron chi connectivity index (χ0n) is 15.3. The standard InChI is InChI=1S/C22H21NO4/c1-25-19-12-13-20(21(14-19)26-2)23-22(24)15-27-18-10-8-17(9-11-18)16-6-4-3-5-7-16/h3-14H,15H2,1-2H3,(H,23,24). The van der Waals surface area contributed by atoms with E-state index in [9.17, 15) is 4.79 Å². The average molecular weight is 363 g/mol. The molecular weight excluding hydrogens is 342 g/mol. The van der Waals surface area contributed by atoms with Crippen molar-refractivity contribution >= 4 is 11.6 Å². The van der Waals surface area contributed by atoms with Crippen LogP contribution in [0.4, 0.5) is 5.69 Å². The van der Waals surface area contributed by atoms with E-state index in [1.165, 1.54) is 7.11 Å². The van der Waals surface area contributed by atoms with E-state index in [0.717, 1.165) is 11.1 Å². The van der Waals surface area contributed by atoms with Crippen molar-refractivity contribution < 1.29 is 19.0 Å². The van der Waals surface area contributed by atoms with Gasteiger partial charge in [0.25, 0.3) is 5.91 Å². The molecule has 138 valence electrons. The van der Waals surface area contributed by atoms with E-state index in [1.54, 1.807) is 25.3 Å². The van der Waals surface area contributed by atoms with Crippen LogP contribution in [0.15, 0.2) is 72.8 Å². The summed E-state index contributed by atoms with van der Waals surface area (Å²) < 4.78 is 16.0. The maximum absolute atomic E-state index is 12.2. The van der Waals surface area contributed by atoms with Gasteiger partial charge in [-0.15, -0.1) is 0 Å². The third-order valence-electron chi connectivity index (χ3n) is 4.01. The van der Waals surface area contributed by atoms with E-state index >= 15 is 0 Å². The van der Waals surface area contributed by atoms with Crippen LogP contribution < -0.4 is 19.5 Å². The SMILES string of the molecule is COc1ccc(NC(=O)COc2ccc(-c3ccccc3)cc2)c(OC)c1. The van der Waals surface area contributed by atoms with Crippen molar-refractivity contribution in [1.29, 1.82) is 0 Å². The molecule has 0 bridgehead atoms. The van der Waals surface area contributed by atoms with Gasteiger partial charge in [0.05, 0.1) is 19.9 Å². The number of rotatable bonds is 7. The number of hydrogen-bond acceptors (Lipinski definition) is 4. The Morgan fingerprint density at radius 3 is 2.15 bits per heavy atom. The number of methoxy groups -OCH3 is 2. The highest BCUT2D eigenvalue weighted by molar-refractivity contribution is 5.93. The first kappa shape index (κ1) is 18.3. The summed E-state index contributed by atoms with van der Waals surface area (Å²) in [6, 6.07) is 22.9. The minimum atomic E-state index is -0.273. The molecule has 0 fully saturated rings. The third-order valence-corrected chi connectivity index (χ3v) is 4.01. The summed E-state index contributed by atoms with van der Waals surface area (Å²) in [4.78, 5) is 12.2. The van der Waals surface area contributed by atoms with Crippen molar-refractivity contribution in [1.82, 2.24) is 0 Å². The molecule has 0 aliphatic heterocycles. The Morgan fingerprint density at radius 1 is 0.815 bits per heavy atom. The molecule has 0 aliphatic rings. The molecule has 0 saturated heterocycles. The first-order valence-electron chi connectivity index (χ1n) is 8.50. The maximum Gasteiger partial charge on any atom is 0.262 e. The second kappa shape index (κ2) is 8.76. The summed E-state index contributed by atoms with van der Waals surface area (Å²) in [5.74, 6) is 1.53. The van der Waals surface area contributed by atoms with Gasteiger partial charge in [0.15, 0.2) is 6.61 Å². The van der Waals surface area contributed by atoms with E-state index < -0.39 is 0 Å². The van der Waals surface area contributed by atoms with E-state index in [0.29, 0.717) is 22.9 Å². The van der Waals surface area contributed by atoms with Gasteiger partial charge in [-0.1, -0.05) is 42.5 Å². The van der Waals surface area contributed by atoms with E-state index in [2.05, 4.69) is 5.32 Å². The fourth-order valence-corrected chi connectivity index (χ4v) is 2.61. The van der Waals surface area contributed by atoms with Crippen LogP contribution in [0.2, 0.25) is 0 Å². The lowest BCUT2D eigenvalue weighted by molar-refractivity contribution is -0.118. The zero-order valence-corrected chi connectivity index (χ0v) is 15.3. The molecule has 0 radical (unpaired) electrons. The summed E-state index contributed by atoms with van der Waals surface area (Å²) in [5, 5.41) is 2.78. The molecule has 5 nitrogen and oxygen atoms in total. The molecule has 5 heteroatoms. The quantitative estimate of drug-likeness (QED) is 0.676. The Balaban J connectivity index is 1.58. The molecule has 1 N–H and O–H groups in total. The minimum absolute atomic E-state index is 0.0974. The summed E-state index contributed by atoms with van der Waals surface area (Å²) in [6.45, 7) is -0.0974. The lowest BCUT2D eigenvalue weighted by Gasteiger charge is -2.12. The van der Waals surface area contributed by atoms with Crippen molar-refractivity contribution in [2.75, 3.05) is 26.1 Å². The Hall–Kier alpha value is -3.47. The number of ether oxygens (including phenoxy) is 3. The van der Waals surface area contributed by atoms with Gasteiger partial charge in [-0.3, -0.25) is 4.79 Å². The second-order valence-electron chi connectivity index (χ2n) is 5.79. The molecular formula is C22H21NO4. The zero-order chi connectivity index (χ0) is 19.1. The Bertz CT molecular complexity index is 892.